The Morgan fingerprint density at radius 1 is 1.33 bits per heavy atom. The second-order valence-corrected chi connectivity index (χ2v) is 3.52. The molecule has 0 atom stereocenters. The molecular formula is C10H15ClFN3. The van der Waals surface area contributed by atoms with Gasteiger partial charge in [0.05, 0.1) is 0 Å². The first-order valence-electron chi connectivity index (χ1n) is 4.88. The highest BCUT2D eigenvalue weighted by Gasteiger charge is 2.09. The summed E-state index contributed by atoms with van der Waals surface area (Å²) >= 11 is 0. The van der Waals surface area contributed by atoms with E-state index >= 15 is 0 Å². The molecule has 0 saturated carbocycles. The molecule has 2 heterocycles. The SMILES string of the molecule is Cl.Fc1ccc(CN2CCNCC2)cn1. The number of piperazine rings is 1. The van der Waals surface area contributed by atoms with Crippen LogP contribution in [-0.2, 0) is 6.54 Å². The van der Waals surface area contributed by atoms with Crippen LogP contribution >= 0.6 is 12.4 Å². The molecule has 1 aliphatic heterocycles. The predicted molar refractivity (Wildman–Crippen MR) is 59.6 cm³/mol. The lowest BCUT2D eigenvalue weighted by Crippen LogP contribution is -2.42. The number of nitrogens with zero attached hydrogens (tertiary/aromatic N) is 2. The highest BCUT2D eigenvalue weighted by molar-refractivity contribution is 5.85. The van der Waals surface area contributed by atoms with E-state index in [1.807, 2.05) is 0 Å². The Balaban J connectivity index is 0.00000112. The monoisotopic (exact) mass is 231 g/mol. The minimum absolute atomic E-state index is 0. The van der Waals surface area contributed by atoms with Crippen molar-refractivity contribution in [1.82, 2.24) is 15.2 Å². The van der Waals surface area contributed by atoms with E-state index in [0.29, 0.717) is 0 Å². The van der Waals surface area contributed by atoms with Gasteiger partial charge in [0.1, 0.15) is 0 Å². The van der Waals surface area contributed by atoms with Crippen LogP contribution in [-0.4, -0.2) is 36.1 Å². The van der Waals surface area contributed by atoms with Gasteiger partial charge in [0.15, 0.2) is 0 Å². The average molecular weight is 232 g/mol. The fraction of sp³-hybridized carbons (Fsp3) is 0.500. The number of nitrogens with one attached hydrogen (secondary N) is 1. The van der Waals surface area contributed by atoms with Crippen molar-refractivity contribution >= 4 is 12.4 Å². The first-order valence-corrected chi connectivity index (χ1v) is 4.88. The molecule has 0 unspecified atom stereocenters. The summed E-state index contributed by atoms with van der Waals surface area (Å²) in [6, 6.07) is 3.21. The van der Waals surface area contributed by atoms with Crippen LogP contribution in [0.2, 0.25) is 0 Å². The minimum atomic E-state index is -0.408. The Labute approximate surface area is 95.1 Å². The minimum Gasteiger partial charge on any atom is -0.314 e. The highest BCUT2D eigenvalue weighted by atomic mass is 35.5. The number of aromatic nitrogens is 1. The quantitative estimate of drug-likeness (QED) is 0.772. The van der Waals surface area contributed by atoms with Gasteiger partial charge in [0.2, 0.25) is 5.95 Å². The Bertz CT molecular complexity index is 285. The molecule has 1 aromatic heterocycles. The third kappa shape index (κ3) is 3.74. The van der Waals surface area contributed by atoms with Crippen molar-refractivity contribution in [2.45, 2.75) is 6.54 Å². The maximum absolute atomic E-state index is 12.5. The topological polar surface area (TPSA) is 28.2 Å². The van der Waals surface area contributed by atoms with Crippen molar-refractivity contribution in [1.29, 1.82) is 0 Å². The van der Waals surface area contributed by atoms with E-state index in [0.717, 1.165) is 38.3 Å². The molecule has 2 rings (SSSR count). The van der Waals surface area contributed by atoms with Gasteiger partial charge in [-0.3, -0.25) is 4.90 Å². The Hall–Kier alpha value is -0.710. The molecule has 1 N–H and O–H groups in total. The maximum atomic E-state index is 12.5. The van der Waals surface area contributed by atoms with E-state index in [1.54, 1.807) is 12.3 Å². The standard InChI is InChI=1S/C10H14FN3.ClH/c11-10-2-1-9(7-13-10)8-14-5-3-12-4-6-14;/h1-2,7,12H,3-6,8H2;1H. The largest absolute Gasteiger partial charge is 0.314 e. The lowest BCUT2D eigenvalue weighted by Gasteiger charge is -2.26. The molecule has 15 heavy (non-hydrogen) atoms. The van der Waals surface area contributed by atoms with Crippen LogP contribution in [0.1, 0.15) is 5.56 Å². The third-order valence-electron chi connectivity index (χ3n) is 2.40. The second kappa shape index (κ2) is 6.00. The van der Waals surface area contributed by atoms with Crippen molar-refractivity contribution in [3.63, 3.8) is 0 Å². The lowest BCUT2D eigenvalue weighted by molar-refractivity contribution is 0.233. The normalized spacial score (nSPS) is 17.1. The number of hydrogen-bond donors (Lipinski definition) is 1. The van der Waals surface area contributed by atoms with E-state index in [-0.39, 0.29) is 12.4 Å². The van der Waals surface area contributed by atoms with Crippen molar-refractivity contribution in [3.8, 4) is 0 Å². The molecule has 0 amide bonds. The van der Waals surface area contributed by atoms with E-state index in [2.05, 4.69) is 15.2 Å². The van der Waals surface area contributed by atoms with Crippen molar-refractivity contribution in [3.05, 3.63) is 29.8 Å². The Kier molecular flexibility index (Phi) is 4.94. The first-order chi connectivity index (χ1) is 6.84. The summed E-state index contributed by atoms with van der Waals surface area (Å²) in [5.41, 5.74) is 1.08. The zero-order chi connectivity index (χ0) is 9.80. The Morgan fingerprint density at radius 2 is 2.07 bits per heavy atom. The number of rotatable bonds is 2. The van der Waals surface area contributed by atoms with Crippen LogP contribution in [0.4, 0.5) is 4.39 Å². The van der Waals surface area contributed by atoms with Gasteiger partial charge in [-0.1, -0.05) is 6.07 Å². The van der Waals surface area contributed by atoms with Crippen LogP contribution in [0.3, 0.4) is 0 Å². The van der Waals surface area contributed by atoms with Crippen LogP contribution in [0.5, 0.6) is 0 Å². The van der Waals surface area contributed by atoms with Crippen molar-refractivity contribution in [2.75, 3.05) is 26.2 Å². The zero-order valence-electron chi connectivity index (χ0n) is 8.45. The summed E-state index contributed by atoms with van der Waals surface area (Å²) in [6.07, 6.45) is 1.61. The second-order valence-electron chi connectivity index (χ2n) is 3.52. The maximum Gasteiger partial charge on any atom is 0.212 e. The molecule has 84 valence electrons. The summed E-state index contributed by atoms with van der Waals surface area (Å²) in [5.74, 6) is -0.408. The van der Waals surface area contributed by atoms with Gasteiger partial charge in [-0.15, -0.1) is 12.4 Å². The van der Waals surface area contributed by atoms with E-state index in [1.165, 1.54) is 6.07 Å². The van der Waals surface area contributed by atoms with Gasteiger partial charge in [0, 0.05) is 38.9 Å². The van der Waals surface area contributed by atoms with Crippen molar-refractivity contribution in [2.24, 2.45) is 0 Å². The summed E-state index contributed by atoms with van der Waals surface area (Å²) in [4.78, 5) is 5.97. The number of pyridine rings is 1. The molecule has 1 fully saturated rings. The van der Waals surface area contributed by atoms with Crippen LogP contribution in [0, 0.1) is 5.95 Å². The van der Waals surface area contributed by atoms with E-state index in [4.69, 9.17) is 0 Å². The molecule has 5 heteroatoms. The molecule has 0 aliphatic carbocycles. The van der Waals surface area contributed by atoms with Gasteiger partial charge >= 0.3 is 0 Å². The van der Waals surface area contributed by atoms with Gasteiger partial charge in [-0.05, 0) is 11.6 Å². The van der Waals surface area contributed by atoms with Crippen LogP contribution < -0.4 is 5.32 Å². The number of hydrogen-bond acceptors (Lipinski definition) is 3. The van der Waals surface area contributed by atoms with Crippen molar-refractivity contribution < 1.29 is 4.39 Å². The third-order valence-corrected chi connectivity index (χ3v) is 2.40. The molecular weight excluding hydrogens is 217 g/mol. The van der Waals surface area contributed by atoms with Crippen LogP contribution in [0.15, 0.2) is 18.3 Å². The molecule has 0 aromatic carbocycles. The lowest BCUT2D eigenvalue weighted by atomic mass is 10.2. The molecule has 1 aliphatic rings. The van der Waals surface area contributed by atoms with Gasteiger partial charge in [0.25, 0.3) is 0 Å². The van der Waals surface area contributed by atoms with Gasteiger partial charge < -0.3 is 5.32 Å². The molecule has 0 radical (unpaired) electrons. The molecule has 0 bridgehead atoms. The molecule has 1 aromatic rings. The van der Waals surface area contributed by atoms with Gasteiger partial charge in [-0.25, -0.2) is 4.98 Å². The summed E-state index contributed by atoms with van der Waals surface area (Å²) in [7, 11) is 0. The zero-order valence-corrected chi connectivity index (χ0v) is 9.26. The summed E-state index contributed by atoms with van der Waals surface area (Å²) in [6.45, 7) is 5.05. The highest BCUT2D eigenvalue weighted by Crippen LogP contribution is 2.04. The number of halogens is 2. The van der Waals surface area contributed by atoms with Gasteiger partial charge in [-0.2, -0.15) is 4.39 Å². The van der Waals surface area contributed by atoms with Crippen LogP contribution in [0.25, 0.3) is 0 Å². The fourth-order valence-corrected chi connectivity index (χ4v) is 1.63. The average Bonchev–Trinajstić information content (AvgIpc) is 2.23. The molecule has 1 saturated heterocycles. The van der Waals surface area contributed by atoms with E-state index < -0.39 is 5.95 Å². The molecule has 3 nitrogen and oxygen atoms in total. The fourth-order valence-electron chi connectivity index (χ4n) is 1.63. The summed E-state index contributed by atoms with van der Waals surface area (Å²) in [5, 5.41) is 3.29. The predicted octanol–water partition coefficient (Wildman–Crippen LogP) is 1.05. The smallest absolute Gasteiger partial charge is 0.212 e. The van der Waals surface area contributed by atoms with E-state index in [9.17, 15) is 4.39 Å². The Morgan fingerprint density at radius 3 is 2.67 bits per heavy atom. The molecule has 0 spiro atoms. The first kappa shape index (κ1) is 12.4. The summed E-state index contributed by atoms with van der Waals surface area (Å²) < 4.78 is 12.5.